The number of benzene rings is 1. The van der Waals surface area contributed by atoms with Crippen molar-refractivity contribution >= 4 is 11.6 Å². The second-order valence-corrected chi connectivity index (χ2v) is 3.60. The molecule has 1 aromatic carbocycles. The first-order chi connectivity index (χ1) is 7.25. The molecule has 0 atom stereocenters. The van der Waals surface area contributed by atoms with Crippen LogP contribution in [0.15, 0.2) is 24.3 Å². The highest BCUT2D eigenvalue weighted by molar-refractivity contribution is 5.78. The zero-order valence-electron chi connectivity index (χ0n) is 8.48. The molecular formula is C11H14N2O2. The van der Waals surface area contributed by atoms with Gasteiger partial charge in [-0.3, -0.25) is 4.79 Å². The molecule has 1 aromatic rings. The third-order valence-electron chi connectivity index (χ3n) is 2.43. The van der Waals surface area contributed by atoms with Crippen LogP contribution in [0.4, 0.5) is 5.69 Å². The van der Waals surface area contributed by atoms with E-state index in [2.05, 4.69) is 0 Å². The van der Waals surface area contributed by atoms with Crippen molar-refractivity contribution in [2.75, 3.05) is 25.4 Å². The third-order valence-corrected chi connectivity index (χ3v) is 2.43. The lowest BCUT2D eigenvalue weighted by molar-refractivity contribution is -0.136. The van der Waals surface area contributed by atoms with Gasteiger partial charge in [-0.15, -0.1) is 0 Å². The van der Waals surface area contributed by atoms with E-state index in [1.165, 1.54) is 0 Å². The highest BCUT2D eigenvalue weighted by atomic mass is 16.5. The maximum atomic E-state index is 11.5. The highest BCUT2D eigenvalue weighted by Gasteiger charge is 2.20. The lowest BCUT2D eigenvalue weighted by Crippen LogP contribution is -2.44. The second kappa shape index (κ2) is 4.21. The molecule has 0 bridgehead atoms. The molecule has 1 amide bonds. The van der Waals surface area contributed by atoms with E-state index in [0.717, 1.165) is 19.5 Å². The summed E-state index contributed by atoms with van der Waals surface area (Å²) in [6.07, 6.45) is 1.10. The number of ether oxygens (including phenoxy) is 1. The van der Waals surface area contributed by atoms with Crippen molar-refractivity contribution in [3.05, 3.63) is 24.3 Å². The molecule has 1 heterocycles. The summed E-state index contributed by atoms with van der Waals surface area (Å²) in [7, 11) is 0. The molecule has 0 aliphatic carbocycles. The Hall–Kier alpha value is -1.71. The topological polar surface area (TPSA) is 55.6 Å². The maximum absolute atomic E-state index is 11.5. The van der Waals surface area contributed by atoms with Gasteiger partial charge in [-0.1, -0.05) is 6.07 Å². The molecule has 1 fully saturated rings. The predicted molar refractivity (Wildman–Crippen MR) is 57.5 cm³/mol. The summed E-state index contributed by atoms with van der Waals surface area (Å²) < 4.78 is 5.33. The summed E-state index contributed by atoms with van der Waals surface area (Å²) >= 11 is 0. The molecule has 4 heteroatoms. The number of nitrogens with zero attached hydrogens (tertiary/aromatic N) is 1. The molecule has 0 spiro atoms. The number of likely N-dealkylation sites (tertiary alicyclic amines) is 1. The number of hydrogen-bond acceptors (Lipinski definition) is 3. The highest BCUT2D eigenvalue weighted by Crippen LogP contribution is 2.15. The zero-order chi connectivity index (χ0) is 10.7. The Balaban J connectivity index is 1.84. The van der Waals surface area contributed by atoms with E-state index >= 15 is 0 Å². The first-order valence-electron chi connectivity index (χ1n) is 5.02. The van der Waals surface area contributed by atoms with Crippen LogP contribution in [-0.4, -0.2) is 30.5 Å². The average Bonchev–Trinajstić information content (AvgIpc) is 2.12. The van der Waals surface area contributed by atoms with Crippen molar-refractivity contribution in [2.45, 2.75) is 6.42 Å². The standard InChI is InChI=1S/C11H14N2O2/c12-9-3-1-4-10(7-9)15-8-11(14)13-5-2-6-13/h1,3-4,7H,2,5-6,8,12H2. The molecule has 0 unspecified atom stereocenters. The SMILES string of the molecule is Nc1cccc(OCC(=O)N2CCC2)c1. The molecular weight excluding hydrogens is 192 g/mol. The minimum Gasteiger partial charge on any atom is -0.484 e. The Morgan fingerprint density at radius 3 is 2.87 bits per heavy atom. The monoisotopic (exact) mass is 206 g/mol. The van der Waals surface area contributed by atoms with Crippen LogP contribution in [0.1, 0.15) is 6.42 Å². The smallest absolute Gasteiger partial charge is 0.260 e. The van der Waals surface area contributed by atoms with Gasteiger partial charge in [0.15, 0.2) is 6.61 Å². The summed E-state index contributed by atoms with van der Waals surface area (Å²) in [5, 5.41) is 0. The average molecular weight is 206 g/mol. The van der Waals surface area contributed by atoms with Crippen molar-refractivity contribution in [2.24, 2.45) is 0 Å². The Labute approximate surface area is 88.6 Å². The first kappa shape index (κ1) is 9.83. The summed E-state index contributed by atoms with van der Waals surface area (Å²) in [4.78, 5) is 13.2. The molecule has 4 nitrogen and oxygen atoms in total. The number of rotatable bonds is 3. The Bertz CT molecular complexity index is 361. The van der Waals surface area contributed by atoms with E-state index in [4.69, 9.17) is 10.5 Å². The molecule has 2 rings (SSSR count). The van der Waals surface area contributed by atoms with Gasteiger partial charge in [-0.2, -0.15) is 0 Å². The van der Waals surface area contributed by atoms with E-state index in [0.29, 0.717) is 11.4 Å². The predicted octanol–water partition coefficient (Wildman–Crippen LogP) is 0.880. The van der Waals surface area contributed by atoms with E-state index in [-0.39, 0.29) is 12.5 Å². The van der Waals surface area contributed by atoms with Gasteiger partial charge < -0.3 is 15.4 Å². The van der Waals surface area contributed by atoms with E-state index in [1.807, 2.05) is 0 Å². The van der Waals surface area contributed by atoms with Crippen molar-refractivity contribution in [3.63, 3.8) is 0 Å². The summed E-state index contributed by atoms with van der Waals surface area (Å²) in [6, 6.07) is 7.09. The molecule has 1 aliphatic heterocycles. The number of nitrogens with two attached hydrogens (primary N) is 1. The van der Waals surface area contributed by atoms with Gasteiger partial charge >= 0.3 is 0 Å². The van der Waals surface area contributed by atoms with E-state index < -0.39 is 0 Å². The van der Waals surface area contributed by atoms with Crippen molar-refractivity contribution in [1.29, 1.82) is 0 Å². The third kappa shape index (κ3) is 2.40. The normalized spacial score (nSPS) is 14.5. The molecule has 0 radical (unpaired) electrons. The molecule has 2 N–H and O–H groups in total. The van der Waals surface area contributed by atoms with Crippen LogP contribution in [0.5, 0.6) is 5.75 Å². The van der Waals surface area contributed by atoms with Crippen LogP contribution in [0, 0.1) is 0 Å². The van der Waals surface area contributed by atoms with Gasteiger partial charge in [0.25, 0.3) is 5.91 Å². The fourth-order valence-corrected chi connectivity index (χ4v) is 1.41. The number of hydrogen-bond donors (Lipinski definition) is 1. The largest absolute Gasteiger partial charge is 0.484 e. The number of carbonyl (C=O) groups is 1. The maximum Gasteiger partial charge on any atom is 0.260 e. The van der Waals surface area contributed by atoms with Crippen LogP contribution in [-0.2, 0) is 4.79 Å². The quantitative estimate of drug-likeness (QED) is 0.747. The van der Waals surface area contributed by atoms with Gasteiger partial charge in [0.1, 0.15) is 5.75 Å². The van der Waals surface area contributed by atoms with Crippen LogP contribution >= 0.6 is 0 Å². The molecule has 0 saturated carbocycles. The Kier molecular flexibility index (Phi) is 2.76. The minimum atomic E-state index is 0.0451. The van der Waals surface area contributed by atoms with Crippen LogP contribution < -0.4 is 10.5 Å². The fraction of sp³-hybridized carbons (Fsp3) is 0.364. The molecule has 80 valence electrons. The van der Waals surface area contributed by atoms with Crippen LogP contribution in [0.3, 0.4) is 0 Å². The van der Waals surface area contributed by atoms with Gasteiger partial charge in [-0.25, -0.2) is 0 Å². The molecule has 0 aromatic heterocycles. The first-order valence-corrected chi connectivity index (χ1v) is 5.02. The van der Waals surface area contributed by atoms with Gasteiger partial charge in [0.05, 0.1) is 0 Å². The second-order valence-electron chi connectivity index (χ2n) is 3.60. The van der Waals surface area contributed by atoms with Gasteiger partial charge in [0.2, 0.25) is 0 Å². The molecule has 15 heavy (non-hydrogen) atoms. The van der Waals surface area contributed by atoms with Crippen LogP contribution in [0.2, 0.25) is 0 Å². The summed E-state index contributed by atoms with van der Waals surface area (Å²) in [5.74, 6) is 0.688. The minimum absolute atomic E-state index is 0.0451. The van der Waals surface area contributed by atoms with Gasteiger partial charge in [0, 0.05) is 24.8 Å². The lowest BCUT2D eigenvalue weighted by atomic mass is 10.2. The van der Waals surface area contributed by atoms with Crippen molar-refractivity contribution < 1.29 is 9.53 Å². The Morgan fingerprint density at radius 1 is 1.47 bits per heavy atom. The summed E-state index contributed by atoms with van der Waals surface area (Å²) in [6.45, 7) is 1.82. The van der Waals surface area contributed by atoms with Crippen molar-refractivity contribution in [1.82, 2.24) is 4.90 Å². The number of anilines is 1. The Morgan fingerprint density at radius 2 is 2.27 bits per heavy atom. The molecule has 1 aliphatic rings. The molecule has 1 saturated heterocycles. The van der Waals surface area contributed by atoms with Crippen LogP contribution in [0.25, 0.3) is 0 Å². The summed E-state index contributed by atoms with van der Waals surface area (Å²) in [5.41, 5.74) is 6.23. The van der Waals surface area contributed by atoms with E-state index in [1.54, 1.807) is 29.2 Å². The van der Waals surface area contributed by atoms with Gasteiger partial charge in [-0.05, 0) is 18.6 Å². The lowest BCUT2D eigenvalue weighted by Gasteiger charge is -2.30. The fourth-order valence-electron chi connectivity index (χ4n) is 1.41. The number of carbonyl (C=O) groups excluding carboxylic acids is 1. The zero-order valence-corrected chi connectivity index (χ0v) is 8.48. The van der Waals surface area contributed by atoms with E-state index in [9.17, 15) is 4.79 Å². The van der Waals surface area contributed by atoms with Crippen molar-refractivity contribution in [3.8, 4) is 5.75 Å². The number of amides is 1. The number of nitrogen functional groups attached to an aromatic ring is 1.